The molecule has 0 atom stereocenters. The summed E-state index contributed by atoms with van der Waals surface area (Å²) in [6.45, 7) is -0.756. The number of halogens is 1. The summed E-state index contributed by atoms with van der Waals surface area (Å²) in [5.74, 6) is -1.69. The molecular formula is C20H23ClN2O6. The zero-order valence-corrected chi connectivity index (χ0v) is 16.9. The lowest BCUT2D eigenvalue weighted by molar-refractivity contribution is -0.164. The maximum Gasteiger partial charge on any atom is 0.310 e. The van der Waals surface area contributed by atoms with Crippen LogP contribution in [0.2, 0.25) is 5.02 Å². The van der Waals surface area contributed by atoms with E-state index in [4.69, 9.17) is 21.1 Å². The van der Waals surface area contributed by atoms with E-state index in [2.05, 4.69) is 5.32 Å². The molecule has 8 nitrogen and oxygen atoms in total. The number of esters is 1. The number of nitrogens with zero attached hydrogens (tertiary/aromatic N) is 1. The van der Waals surface area contributed by atoms with E-state index in [0.717, 1.165) is 19.3 Å². The van der Waals surface area contributed by atoms with E-state index in [1.807, 2.05) is 0 Å². The maximum absolute atomic E-state index is 12.8. The van der Waals surface area contributed by atoms with Gasteiger partial charge in [-0.25, -0.2) is 0 Å². The minimum atomic E-state index is -1.04. The Balaban J connectivity index is 1.66. The van der Waals surface area contributed by atoms with Crippen LogP contribution in [0.5, 0.6) is 5.75 Å². The van der Waals surface area contributed by atoms with Crippen LogP contribution in [0, 0.1) is 0 Å². The van der Waals surface area contributed by atoms with E-state index in [1.165, 1.54) is 12.0 Å². The highest BCUT2D eigenvalue weighted by Crippen LogP contribution is 2.35. The third-order valence-electron chi connectivity index (χ3n) is 5.41. The van der Waals surface area contributed by atoms with Crippen molar-refractivity contribution in [3.63, 3.8) is 0 Å². The molecular weight excluding hydrogens is 400 g/mol. The molecule has 0 bridgehead atoms. The molecule has 29 heavy (non-hydrogen) atoms. The molecule has 2 fully saturated rings. The second-order valence-corrected chi connectivity index (χ2v) is 7.68. The van der Waals surface area contributed by atoms with E-state index >= 15 is 0 Å². The van der Waals surface area contributed by atoms with Gasteiger partial charge in [-0.05, 0) is 31.0 Å². The number of imide groups is 1. The fourth-order valence-corrected chi connectivity index (χ4v) is 4.17. The van der Waals surface area contributed by atoms with Crippen molar-refractivity contribution in [2.45, 2.75) is 44.1 Å². The molecule has 1 heterocycles. The molecule has 3 amide bonds. The molecule has 1 aromatic carbocycles. The number of hydrogen-bond donors (Lipinski definition) is 1. The Morgan fingerprint density at radius 3 is 2.62 bits per heavy atom. The first-order valence-corrected chi connectivity index (χ1v) is 9.86. The van der Waals surface area contributed by atoms with Crippen molar-refractivity contribution >= 4 is 35.3 Å². The Bertz CT molecular complexity index is 834. The Labute approximate surface area is 173 Å². The van der Waals surface area contributed by atoms with Crippen molar-refractivity contribution in [2.24, 2.45) is 0 Å². The first-order chi connectivity index (χ1) is 13.9. The van der Waals surface area contributed by atoms with Gasteiger partial charge in [0.2, 0.25) is 5.91 Å². The van der Waals surface area contributed by atoms with Crippen molar-refractivity contribution in [1.29, 1.82) is 0 Å². The average molecular weight is 423 g/mol. The lowest BCUT2D eigenvalue weighted by Crippen LogP contribution is -2.69. The normalized spacial score (nSPS) is 18.3. The summed E-state index contributed by atoms with van der Waals surface area (Å²) >= 11 is 5.96. The molecule has 0 unspecified atom stereocenters. The Hall–Kier alpha value is -2.61. The molecule has 1 saturated carbocycles. The minimum Gasteiger partial charge on any atom is -0.496 e. The van der Waals surface area contributed by atoms with Crippen molar-refractivity contribution in [3.05, 3.63) is 28.8 Å². The van der Waals surface area contributed by atoms with Crippen LogP contribution in [0.1, 0.15) is 37.7 Å². The number of benzene rings is 1. The average Bonchev–Trinajstić information content (AvgIpc) is 2.70. The standard InChI is InChI=1S/C20H23ClN2O6/c1-28-15-6-5-14(21)9-13(15)10-18(26)29-12-17(25)23-11-16(24)22-19(27)20(23)7-3-2-4-8-20/h5-6,9H,2-4,7-8,10-12H2,1H3,(H,22,24,27). The third kappa shape index (κ3) is 4.53. The summed E-state index contributed by atoms with van der Waals surface area (Å²) in [7, 11) is 1.48. The number of ether oxygens (including phenoxy) is 2. The first-order valence-electron chi connectivity index (χ1n) is 9.48. The SMILES string of the molecule is COc1ccc(Cl)cc1CC(=O)OCC(=O)N1CC(=O)NC(=O)C12CCCCC2. The molecule has 1 aromatic rings. The lowest BCUT2D eigenvalue weighted by atomic mass is 9.78. The number of amides is 3. The molecule has 1 aliphatic heterocycles. The quantitative estimate of drug-likeness (QED) is 0.571. The van der Waals surface area contributed by atoms with Gasteiger partial charge >= 0.3 is 5.97 Å². The Morgan fingerprint density at radius 1 is 1.21 bits per heavy atom. The molecule has 156 valence electrons. The number of carbonyl (C=O) groups excluding carboxylic acids is 4. The molecule has 0 aromatic heterocycles. The molecule has 0 radical (unpaired) electrons. The van der Waals surface area contributed by atoms with E-state index in [9.17, 15) is 19.2 Å². The van der Waals surface area contributed by atoms with Gasteiger partial charge in [0.1, 0.15) is 17.8 Å². The molecule has 1 N–H and O–H groups in total. The number of rotatable bonds is 5. The maximum atomic E-state index is 12.8. The molecule has 2 aliphatic rings. The number of methoxy groups -OCH3 is 1. The Morgan fingerprint density at radius 2 is 1.93 bits per heavy atom. The number of piperazine rings is 1. The van der Waals surface area contributed by atoms with Gasteiger partial charge in [-0.2, -0.15) is 0 Å². The van der Waals surface area contributed by atoms with E-state index in [-0.39, 0.29) is 13.0 Å². The van der Waals surface area contributed by atoms with Crippen LogP contribution in [-0.4, -0.2) is 54.4 Å². The van der Waals surface area contributed by atoms with Crippen LogP contribution in [0.4, 0.5) is 0 Å². The first kappa shape index (κ1) is 21.1. The van der Waals surface area contributed by atoms with Crippen LogP contribution in [0.25, 0.3) is 0 Å². The van der Waals surface area contributed by atoms with Gasteiger partial charge in [-0.15, -0.1) is 0 Å². The zero-order valence-electron chi connectivity index (χ0n) is 16.2. The molecule has 1 saturated heterocycles. The number of hydrogen-bond acceptors (Lipinski definition) is 6. The van der Waals surface area contributed by atoms with E-state index in [1.54, 1.807) is 18.2 Å². The zero-order chi connectivity index (χ0) is 21.0. The topological polar surface area (TPSA) is 102 Å². The van der Waals surface area contributed by atoms with Gasteiger partial charge in [0, 0.05) is 10.6 Å². The van der Waals surface area contributed by atoms with Crippen LogP contribution < -0.4 is 10.1 Å². The van der Waals surface area contributed by atoms with Crippen LogP contribution in [0.3, 0.4) is 0 Å². The lowest BCUT2D eigenvalue weighted by Gasteiger charge is -2.47. The third-order valence-corrected chi connectivity index (χ3v) is 5.64. The fraction of sp³-hybridized carbons (Fsp3) is 0.500. The molecule has 1 aliphatic carbocycles. The second-order valence-electron chi connectivity index (χ2n) is 7.24. The summed E-state index contributed by atoms with van der Waals surface area (Å²) in [4.78, 5) is 50.6. The summed E-state index contributed by atoms with van der Waals surface area (Å²) in [6, 6.07) is 4.87. The van der Waals surface area contributed by atoms with Gasteiger partial charge in [0.25, 0.3) is 11.8 Å². The van der Waals surface area contributed by atoms with E-state index in [0.29, 0.717) is 29.2 Å². The highest BCUT2D eigenvalue weighted by Gasteiger charge is 2.51. The highest BCUT2D eigenvalue weighted by molar-refractivity contribution is 6.30. The fourth-order valence-electron chi connectivity index (χ4n) is 3.97. The minimum absolute atomic E-state index is 0.123. The summed E-state index contributed by atoms with van der Waals surface area (Å²) in [5.41, 5.74) is -0.500. The molecule has 3 rings (SSSR count). The highest BCUT2D eigenvalue weighted by atomic mass is 35.5. The van der Waals surface area contributed by atoms with Crippen LogP contribution in [0.15, 0.2) is 18.2 Å². The smallest absolute Gasteiger partial charge is 0.310 e. The van der Waals surface area contributed by atoms with Gasteiger partial charge in [-0.3, -0.25) is 24.5 Å². The van der Waals surface area contributed by atoms with Crippen molar-refractivity contribution in [1.82, 2.24) is 10.2 Å². The summed E-state index contributed by atoms with van der Waals surface area (Å²) < 4.78 is 10.3. The predicted molar refractivity (Wildman–Crippen MR) is 103 cm³/mol. The second kappa shape index (κ2) is 8.82. The predicted octanol–water partition coefficient (Wildman–Crippen LogP) is 1.62. The largest absolute Gasteiger partial charge is 0.496 e. The monoisotopic (exact) mass is 422 g/mol. The van der Waals surface area contributed by atoms with Gasteiger partial charge in [-0.1, -0.05) is 30.9 Å². The van der Waals surface area contributed by atoms with Gasteiger partial charge in [0.15, 0.2) is 6.61 Å². The van der Waals surface area contributed by atoms with E-state index < -0.39 is 35.8 Å². The van der Waals surface area contributed by atoms with Crippen molar-refractivity contribution < 1.29 is 28.7 Å². The Kier molecular flexibility index (Phi) is 6.42. The van der Waals surface area contributed by atoms with Gasteiger partial charge < -0.3 is 14.4 Å². The van der Waals surface area contributed by atoms with Crippen molar-refractivity contribution in [3.8, 4) is 5.75 Å². The molecule has 9 heteroatoms. The van der Waals surface area contributed by atoms with Gasteiger partial charge in [0.05, 0.1) is 13.5 Å². The summed E-state index contributed by atoms with van der Waals surface area (Å²) in [5, 5.41) is 2.78. The number of carbonyl (C=O) groups is 4. The van der Waals surface area contributed by atoms with Crippen molar-refractivity contribution in [2.75, 3.05) is 20.3 Å². The van der Waals surface area contributed by atoms with Crippen LogP contribution in [-0.2, 0) is 30.3 Å². The number of nitrogens with one attached hydrogen (secondary N) is 1. The summed E-state index contributed by atoms with van der Waals surface area (Å²) in [6.07, 6.45) is 3.42. The van der Waals surface area contributed by atoms with Crippen LogP contribution >= 0.6 is 11.6 Å². The molecule has 1 spiro atoms.